The molecule has 1 aromatic rings. The Bertz CT molecular complexity index is 385. The van der Waals surface area contributed by atoms with Crippen LogP contribution in [0.15, 0.2) is 6.20 Å². The van der Waals surface area contributed by atoms with E-state index in [1.54, 1.807) is 16.2 Å². The SMILES string of the molecule is CCc1cnc(CN(C)C(=O)C2CCCN2)s1. The zero-order valence-corrected chi connectivity index (χ0v) is 11.2. The van der Waals surface area contributed by atoms with Crippen molar-refractivity contribution < 1.29 is 4.79 Å². The number of aromatic nitrogens is 1. The molecule has 1 aromatic heterocycles. The number of nitrogens with zero attached hydrogens (tertiary/aromatic N) is 2. The van der Waals surface area contributed by atoms with Gasteiger partial charge in [-0.2, -0.15) is 0 Å². The van der Waals surface area contributed by atoms with E-state index < -0.39 is 0 Å². The first-order valence-electron chi connectivity index (χ1n) is 6.12. The molecule has 1 saturated heterocycles. The number of rotatable bonds is 4. The molecular formula is C12H19N3OS. The van der Waals surface area contributed by atoms with Crippen LogP contribution in [0.2, 0.25) is 0 Å². The van der Waals surface area contributed by atoms with E-state index >= 15 is 0 Å². The van der Waals surface area contributed by atoms with Crippen molar-refractivity contribution >= 4 is 17.2 Å². The molecule has 2 rings (SSSR count). The smallest absolute Gasteiger partial charge is 0.239 e. The van der Waals surface area contributed by atoms with Crippen molar-refractivity contribution in [1.82, 2.24) is 15.2 Å². The van der Waals surface area contributed by atoms with Crippen LogP contribution < -0.4 is 5.32 Å². The van der Waals surface area contributed by atoms with Crippen molar-refractivity contribution in [3.8, 4) is 0 Å². The Morgan fingerprint density at radius 2 is 2.53 bits per heavy atom. The minimum Gasteiger partial charge on any atom is -0.338 e. The van der Waals surface area contributed by atoms with Crippen LogP contribution in [0.25, 0.3) is 0 Å². The number of likely N-dealkylation sites (N-methyl/N-ethyl adjacent to an activating group) is 1. The Hall–Kier alpha value is -0.940. The molecule has 4 nitrogen and oxygen atoms in total. The molecule has 0 spiro atoms. The Labute approximate surface area is 106 Å². The predicted molar refractivity (Wildman–Crippen MR) is 69.0 cm³/mol. The van der Waals surface area contributed by atoms with E-state index in [-0.39, 0.29) is 11.9 Å². The highest BCUT2D eigenvalue weighted by Gasteiger charge is 2.25. The van der Waals surface area contributed by atoms with Crippen LogP contribution in [0.5, 0.6) is 0 Å². The molecule has 0 radical (unpaired) electrons. The Morgan fingerprint density at radius 3 is 3.12 bits per heavy atom. The predicted octanol–water partition coefficient (Wildman–Crippen LogP) is 1.42. The molecule has 17 heavy (non-hydrogen) atoms. The van der Waals surface area contributed by atoms with E-state index in [4.69, 9.17) is 0 Å². The molecule has 0 saturated carbocycles. The molecule has 5 heteroatoms. The molecule has 0 aromatic carbocycles. The number of thiazole rings is 1. The van der Waals surface area contributed by atoms with Gasteiger partial charge in [0.15, 0.2) is 0 Å². The van der Waals surface area contributed by atoms with E-state index in [0.29, 0.717) is 6.54 Å². The third-order valence-electron chi connectivity index (χ3n) is 3.06. The summed E-state index contributed by atoms with van der Waals surface area (Å²) in [6.07, 6.45) is 4.98. The Balaban J connectivity index is 1.91. The highest BCUT2D eigenvalue weighted by molar-refractivity contribution is 7.11. The fraction of sp³-hybridized carbons (Fsp3) is 0.667. The lowest BCUT2D eigenvalue weighted by Crippen LogP contribution is -2.41. The molecule has 0 bridgehead atoms. The van der Waals surface area contributed by atoms with Gasteiger partial charge < -0.3 is 10.2 Å². The van der Waals surface area contributed by atoms with Crippen LogP contribution in [-0.4, -0.2) is 35.4 Å². The van der Waals surface area contributed by atoms with E-state index in [1.807, 2.05) is 13.2 Å². The maximum atomic E-state index is 12.1. The normalized spacial score (nSPS) is 19.5. The monoisotopic (exact) mass is 253 g/mol. The highest BCUT2D eigenvalue weighted by atomic mass is 32.1. The molecule has 1 amide bonds. The first kappa shape index (κ1) is 12.5. The van der Waals surface area contributed by atoms with Crippen molar-refractivity contribution in [3.05, 3.63) is 16.1 Å². The van der Waals surface area contributed by atoms with Gasteiger partial charge in [0.25, 0.3) is 0 Å². The fourth-order valence-corrected chi connectivity index (χ4v) is 2.94. The molecule has 1 atom stereocenters. The first-order chi connectivity index (χ1) is 8.20. The van der Waals surface area contributed by atoms with Crippen molar-refractivity contribution in [3.63, 3.8) is 0 Å². The van der Waals surface area contributed by atoms with Gasteiger partial charge in [0, 0.05) is 18.1 Å². The molecule has 94 valence electrons. The summed E-state index contributed by atoms with van der Waals surface area (Å²) in [6.45, 7) is 3.71. The van der Waals surface area contributed by atoms with Gasteiger partial charge >= 0.3 is 0 Å². The third kappa shape index (κ3) is 3.04. The number of carbonyl (C=O) groups is 1. The number of amides is 1. The minimum atomic E-state index is 0.0191. The molecule has 0 aliphatic carbocycles. The summed E-state index contributed by atoms with van der Waals surface area (Å²) >= 11 is 1.70. The number of nitrogens with one attached hydrogen (secondary N) is 1. The van der Waals surface area contributed by atoms with Gasteiger partial charge in [-0.3, -0.25) is 4.79 Å². The topological polar surface area (TPSA) is 45.2 Å². The summed E-state index contributed by atoms with van der Waals surface area (Å²) in [5.41, 5.74) is 0. The van der Waals surface area contributed by atoms with E-state index in [0.717, 1.165) is 30.8 Å². The van der Waals surface area contributed by atoms with Crippen LogP contribution in [0, 0.1) is 0 Å². The van der Waals surface area contributed by atoms with Gasteiger partial charge in [0.2, 0.25) is 5.91 Å². The van der Waals surface area contributed by atoms with Crippen LogP contribution in [0.3, 0.4) is 0 Å². The summed E-state index contributed by atoms with van der Waals surface area (Å²) in [6, 6.07) is 0.0191. The lowest BCUT2D eigenvalue weighted by Gasteiger charge is -2.19. The van der Waals surface area contributed by atoms with Gasteiger partial charge in [0.05, 0.1) is 12.6 Å². The lowest BCUT2D eigenvalue weighted by atomic mass is 10.2. The molecule has 1 unspecified atom stereocenters. The second-order valence-corrected chi connectivity index (χ2v) is 5.62. The summed E-state index contributed by atoms with van der Waals surface area (Å²) in [4.78, 5) is 19.5. The van der Waals surface area contributed by atoms with Gasteiger partial charge in [-0.05, 0) is 25.8 Å². The zero-order valence-electron chi connectivity index (χ0n) is 10.4. The number of aryl methyl sites for hydroxylation is 1. The van der Waals surface area contributed by atoms with E-state index in [2.05, 4.69) is 17.2 Å². The Kier molecular flexibility index (Phi) is 4.12. The summed E-state index contributed by atoms with van der Waals surface area (Å²) in [5, 5.41) is 4.26. The summed E-state index contributed by atoms with van der Waals surface area (Å²) < 4.78 is 0. The molecule has 1 aliphatic rings. The van der Waals surface area contributed by atoms with Gasteiger partial charge in [-0.15, -0.1) is 11.3 Å². The fourth-order valence-electron chi connectivity index (χ4n) is 2.03. The van der Waals surface area contributed by atoms with Crippen LogP contribution in [0.1, 0.15) is 29.7 Å². The number of hydrogen-bond donors (Lipinski definition) is 1. The summed E-state index contributed by atoms with van der Waals surface area (Å²) in [5.74, 6) is 0.191. The van der Waals surface area contributed by atoms with Crippen LogP contribution in [-0.2, 0) is 17.8 Å². The average Bonchev–Trinajstić information content (AvgIpc) is 2.98. The molecule has 1 fully saturated rings. The standard InChI is InChI=1S/C12H19N3OS/c1-3-9-7-14-11(17-9)8-15(2)12(16)10-5-4-6-13-10/h7,10,13H,3-6,8H2,1-2H3. The first-order valence-corrected chi connectivity index (χ1v) is 6.94. The second-order valence-electron chi connectivity index (χ2n) is 4.42. The number of hydrogen-bond acceptors (Lipinski definition) is 4. The van der Waals surface area contributed by atoms with Crippen LogP contribution >= 0.6 is 11.3 Å². The Morgan fingerprint density at radius 1 is 1.71 bits per heavy atom. The average molecular weight is 253 g/mol. The van der Waals surface area contributed by atoms with Crippen molar-refractivity contribution in [2.75, 3.05) is 13.6 Å². The maximum absolute atomic E-state index is 12.1. The molecule has 1 aliphatic heterocycles. The van der Waals surface area contributed by atoms with Gasteiger partial charge in [0.1, 0.15) is 5.01 Å². The van der Waals surface area contributed by atoms with Gasteiger partial charge in [-0.25, -0.2) is 4.98 Å². The van der Waals surface area contributed by atoms with Crippen LogP contribution in [0.4, 0.5) is 0 Å². The molecule has 1 N–H and O–H groups in total. The molecular weight excluding hydrogens is 234 g/mol. The van der Waals surface area contributed by atoms with Crippen molar-refractivity contribution in [2.24, 2.45) is 0 Å². The van der Waals surface area contributed by atoms with E-state index in [9.17, 15) is 4.79 Å². The zero-order chi connectivity index (χ0) is 12.3. The summed E-state index contributed by atoms with van der Waals surface area (Å²) in [7, 11) is 1.86. The molecule has 2 heterocycles. The maximum Gasteiger partial charge on any atom is 0.239 e. The lowest BCUT2D eigenvalue weighted by molar-refractivity contribution is -0.132. The quantitative estimate of drug-likeness (QED) is 0.882. The van der Waals surface area contributed by atoms with Crippen molar-refractivity contribution in [1.29, 1.82) is 0 Å². The van der Waals surface area contributed by atoms with Gasteiger partial charge in [-0.1, -0.05) is 6.92 Å². The van der Waals surface area contributed by atoms with E-state index in [1.165, 1.54) is 4.88 Å². The second kappa shape index (κ2) is 5.60. The third-order valence-corrected chi connectivity index (χ3v) is 4.18. The largest absolute Gasteiger partial charge is 0.338 e. The highest BCUT2D eigenvalue weighted by Crippen LogP contribution is 2.16. The number of carbonyl (C=O) groups excluding carboxylic acids is 1. The minimum absolute atomic E-state index is 0.0191. The van der Waals surface area contributed by atoms with Crippen molar-refractivity contribution in [2.45, 2.75) is 38.8 Å².